The van der Waals surface area contributed by atoms with Crippen molar-refractivity contribution in [2.75, 3.05) is 20.2 Å². The van der Waals surface area contributed by atoms with Crippen molar-refractivity contribution in [2.24, 2.45) is 5.92 Å². The van der Waals surface area contributed by atoms with Gasteiger partial charge in [0, 0.05) is 25.0 Å². The third kappa shape index (κ3) is 6.93. The second kappa shape index (κ2) is 11.0. The summed E-state index contributed by atoms with van der Waals surface area (Å²) < 4.78 is 11.7. The van der Waals surface area contributed by atoms with Gasteiger partial charge in [0.2, 0.25) is 5.91 Å². The average Bonchev–Trinajstić information content (AvgIpc) is 2.91. The van der Waals surface area contributed by atoms with Crippen molar-refractivity contribution in [3.05, 3.63) is 35.9 Å². The van der Waals surface area contributed by atoms with Crippen LogP contribution in [0.2, 0.25) is 0 Å². The molecule has 8 heteroatoms. The maximum Gasteiger partial charge on any atom is 0.408 e. The molecule has 2 N–H and O–H groups in total. The van der Waals surface area contributed by atoms with Crippen molar-refractivity contribution >= 4 is 17.9 Å². The van der Waals surface area contributed by atoms with E-state index in [9.17, 15) is 14.4 Å². The third-order valence-corrected chi connectivity index (χ3v) is 6.14. The predicted octanol–water partition coefficient (Wildman–Crippen LogP) is 3.17. The first-order valence-electron chi connectivity index (χ1n) is 11.9. The van der Waals surface area contributed by atoms with E-state index in [-0.39, 0.29) is 11.8 Å². The summed E-state index contributed by atoms with van der Waals surface area (Å²) in [6.45, 7) is 6.36. The minimum atomic E-state index is -0.967. The molecule has 2 fully saturated rings. The zero-order chi connectivity index (χ0) is 24.0. The van der Waals surface area contributed by atoms with Crippen LogP contribution in [0.4, 0.5) is 4.79 Å². The number of ether oxygens (including phenoxy) is 2. The number of alkyl carbamates (subject to hydrolysis) is 1. The Morgan fingerprint density at radius 1 is 1.12 bits per heavy atom. The molecule has 3 rings (SSSR count). The van der Waals surface area contributed by atoms with E-state index in [0.29, 0.717) is 13.2 Å². The zero-order valence-corrected chi connectivity index (χ0v) is 20.1. The average molecular weight is 460 g/mol. The summed E-state index contributed by atoms with van der Waals surface area (Å²) in [6.07, 6.45) is 2.46. The number of rotatable bonds is 5. The number of nitrogens with zero attached hydrogens (tertiary/aromatic N) is 1. The molecule has 0 radical (unpaired) electrons. The van der Waals surface area contributed by atoms with Gasteiger partial charge in [-0.15, -0.1) is 0 Å². The molecular formula is C25H37N3O5. The van der Waals surface area contributed by atoms with Crippen molar-refractivity contribution in [2.45, 2.75) is 76.7 Å². The van der Waals surface area contributed by atoms with E-state index in [4.69, 9.17) is 9.47 Å². The highest BCUT2D eigenvalue weighted by Gasteiger charge is 2.40. The van der Waals surface area contributed by atoms with Gasteiger partial charge in [-0.2, -0.15) is 0 Å². The van der Waals surface area contributed by atoms with E-state index in [1.165, 1.54) is 0 Å². The first-order chi connectivity index (χ1) is 15.7. The molecule has 182 valence electrons. The Kier molecular flexibility index (Phi) is 8.35. The summed E-state index contributed by atoms with van der Waals surface area (Å²) in [5.74, 6) is -0.764. The summed E-state index contributed by atoms with van der Waals surface area (Å²) in [6, 6.07) is 8.50. The van der Waals surface area contributed by atoms with Crippen molar-refractivity contribution in [1.82, 2.24) is 15.5 Å². The smallest absolute Gasteiger partial charge is 0.408 e. The van der Waals surface area contributed by atoms with Gasteiger partial charge in [0.05, 0.1) is 6.61 Å². The molecule has 33 heavy (non-hydrogen) atoms. The van der Waals surface area contributed by atoms with E-state index in [1.54, 1.807) is 11.9 Å². The number of carbonyl (C=O) groups excluding carboxylic acids is 3. The molecule has 1 aliphatic carbocycles. The maximum atomic E-state index is 13.5. The summed E-state index contributed by atoms with van der Waals surface area (Å²) >= 11 is 0. The van der Waals surface area contributed by atoms with Crippen LogP contribution >= 0.6 is 0 Å². The molecule has 0 spiro atoms. The van der Waals surface area contributed by atoms with Crippen LogP contribution in [0.1, 0.15) is 64.5 Å². The Morgan fingerprint density at radius 3 is 2.42 bits per heavy atom. The van der Waals surface area contributed by atoms with Crippen LogP contribution < -0.4 is 10.6 Å². The lowest BCUT2D eigenvalue weighted by molar-refractivity contribution is -0.141. The molecule has 1 aromatic carbocycles. The van der Waals surface area contributed by atoms with Gasteiger partial charge >= 0.3 is 6.09 Å². The molecule has 3 amide bonds. The van der Waals surface area contributed by atoms with Gasteiger partial charge in [0.15, 0.2) is 6.10 Å². The van der Waals surface area contributed by atoms with E-state index < -0.39 is 35.8 Å². The van der Waals surface area contributed by atoms with Crippen LogP contribution in [0.3, 0.4) is 0 Å². The lowest BCUT2D eigenvalue weighted by atomic mass is 9.84. The van der Waals surface area contributed by atoms with E-state index in [1.807, 2.05) is 51.1 Å². The predicted molar refractivity (Wildman–Crippen MR) is 124 cm³/mol. The van der Waals surface area contributed by atoms with Gasteiger partial charge in [-0.3, -0.25) is 9.59 Å². The molecular weight excluding hydrogens is 422 g/mol. The van der Waals surface area contributed by atoms with Crippen molar-refractivity contribution in [3.8, 4) is 0 Å². The van der Waals surface area contributed by atoms with E-state index >= 15 is 0 Å². The van der Waals surface area contributed by atoms with Crippen LogP contribution in [0.15, 0.2) is 30.3 Å². The topological polar surface area (TPSA) is 97.0 Å². The molecule has 1 aromatic rings. The highest BCUT2D eigenvalue weighted by Crippen LogP contribution is 2.30. The first-order valence-corrected chi connectivity index (χ1v) is 11.9. The number of likely N-dealkylation sites (N-methyl/N-ethyl adjacent to an activating group) is 1. The zero-order valence-electron chi connectivity index (χ0n) is 20.1. The summed E-state index contributed by atoms with van der Waals surface area (Å²) in [5.41, 5.74) is 0.323. The second-order valence-corrected chi connectivity index (χ2v) is 10.0. The Hall–Kier alpha value is -2.61. The number of amides is 3. The van der Waals surface area contributed by atoms with Crippen LogP contribution in [0.25, 0.3) is 0 Å². The summed E-state index contributed by atoms with van der Waals surface area (Å²) in [4.78, 5) is 40.8. The molecule has 3 atom stereocenters. The SMILES string of the molecule is CN1CCO[C@H](c2ccccc2)[C@H](NC(=O)[C@@H](OC(=O)NC(C)(C)C)C2CCCCC2)C1=O. The number of hydrogen-bond acceptors (Lipinski definition) is 5. The van der Waals surface area contributed by atoms with Crippen LogP contribution in [0, 0.1) is 5.92 Å². The van der Waals surface area contributed by atoms with Crippen LogP contribution in [-0.2, 0) is 19.1 Å². The van der Waals surface area contributed by atoms with Gasteiger partial charge in [0.1, 0.15) is 12.1 Å². The second-order valence-electron chi connectivity index (χ2n) is 10.0. The van der Waals surface area contributed by atoms with Crippen LogP contribution in [-0.4, -0.2) is 60.7 Å². The highest BCUT2D eigenvalue weighted by atomic mass is 16.6. The summed E-state index contributed by atoms with van der Waals surface area (Å²) in [5, 5.41) is 5.66. The number of hydrogen-bond donors (Lipinski definition) is 2. The molecule has 0 aromatic heterocycles. The first kappa shape index (κ1) is 25.0. The largest absolute Gasteiger partial charge is 0.436 e. The van der Waals surface area contributed by atoms with Gasteiger partial charge in [0.25, 0.3) is 5.91 Å². The number of nitrogens with one attached hydrogen (secondary N) is 2. The van der Waals surface area contributed by atoms with Crippen molar-refractivity contribution in [3.63, 3.8) is 0 Å². The Balaban J connectivity index is 1.83. The molecule has 8 nitrogen and oxygen atoms in total. The lowest BCUT2D eigenvalue weighted by Gasteiger charge is -2.33. The van der Waals surface area contributed by atoms with Crippen molar-refractivity contribution < 1.29 is 23.9 Å². The number of benzene rings is 1. The quantitative estimate of drug-likeness (QED) is 0.705. The minimum Gasteiger partial charge on any atom is -0.436 e. The Morgan fingerprint density at radius 2 is 1.79 bits per heavy atom. The molecule has 1 aliphatic heterocycles. The fourth-order valence-corrected chi connectivity index (χ4v) is 4.45. The molecule has 1 saturated carbocycles. The van der Waals surface area contributed by atoms with Gasteiger partial charge in [-0.05, 0) is 39.2 Å². The fraction of sp³-hybridized carbons (Fsp3) is 0.640. The Bertz CT molecular complexity index is 817. The van der Waals surface area contributed by atoms with Crippen LogP contribution in [0.5, 0.6) is 0 Å². The van der Waals surface area contributed by atoms with Crippen molar-refractivity contribution in [1.29, 1.82) is 0 Å². The normalized spacial score (nSPS) is 23.4. The standard InChI is InChI=1S/C25H37N3O5/c1-25(2,3)27-24(31)33-21(18-13-9-6-10-14-18)22(29)26-19-20(17-11-7-5-8-12-17)32-16-15-28(4)23(19)30/h5,7-8,11-12,18-21H,6,9-10,13-16H2,1-4H3,(H,26,29)(H,27,31)/t19-,20+,21-/m0/s1. The molecule has 1 saturated heterocycles. The molecule has 0 bridgehead atoms. The molecule has 0 unspecified atom stereocenters. The highest BCUT2D eigenvalue weighted by molar-refractivity contribution is 5.91. The van der Waals surface area contributed by atoms with Gasteiger partial charge in [-0.1, -0.05) is 49.6 Å². The maximum absolute atomic E-state index is 13.5. The van der Waals surface area contributed by atoms with Gasteiger partial charge < -0.3 is 25.0 Å². The molecule has 1 heterocycles. The number of carbonyl (C=O) groups is 3. The van der Waals surface area contributed by atoms with E-state index in [2.05, 4.69) is 10.6 Å². The van der Waals surface area contributed by atoms with Gasteiger partial charge in [-0.25, -0.2) is 4.79 Å². The third-order valence-electron chi connectivity index (χ3n) is 6.14. The molecule has 2 aliphatic rings. The lowest BCUT2D eigenvalue weighted by Crippen LogP contribution is -2.55. The fourth-order valence-electron chi connectivity index (χ4n) is 4.45. The monoisotopic (exact) mass is 459 g/mol. The van der Waals surface area contributed by atoms with E-state index in [0.717, 1.165) is 37.7 Å². The Labute approximate surface area is 196 Å². The minimum absolute atomic E-state index is 0.0841. The summed E-state index contributed by atoms with van der Waals surface area (Å²) in [7, 11) is 1.70.